The van der Waals surface area contributed by atoms with Crippen molar-refractivity contribution >= 4 is 17.8 Å². The molecule has 3 unspecified atom stereocenters. The Morgan fingerprint density at radius 2 is 1.04 bits per heavy atom. The summed E-state index contributed by atoms with van der Waals surface area (Å²) in [5.74, 6) is -11.5. The van der Waals surface area contributed by atoms with Crippen LogP contribution < -0.4 is 29.0 Å². The van der Waals surface area contributed by atoms with Gasteiger partial charge in [-0.25, -0.2) is 26.7 Å². The first-order valence-electron chi connectivity index (χ1n) is 26.6. The molecule has 15 nitrogen and oxygen atoms in total. The highest BCUT2D eigenvalue weighted by atomic mass is 19.2. The van der Waals surface area contributed by atoms with Gasteiger partial charge in [0.15, 0.2) is 63.6 Å². The van der Waals surface area contributed by atoms with Crippen LogP contribution in [0.25, 0.3) is 0 Å². The average molecular weight is 1180 g/mol. The minimum absolute atomic E-state index is 0.0193. The summed E-state index contributed by atoms with van der Waals surface area (Å²) in [6.45, 7) is 12.6. The fourth-order valence-corrected chi connectivity index (χ4v) is 9.56. The molecule has 6 aliphatic heterocycles. The molecule has 0 saturated carbocycles. The summed E-state index contributed by atoms with van der Waals surface area (Å²) in [6.07, 6.45) is 0.862. The van der Waals surface area contributed by atoms with Gasteiger partial charge in [0.05, 0.1) is 51.1 Å². The Bertz CT molecular complexity index is 3090. The van der Waals surface area contributed by atoms with Gasteiger partial charge in [-0.1, -0.05) is 18.2 Å². The quantitative estimate of drug-likeness (QED) is 0.137. The number of piperazine rings is 2. The Balaban J connectivity index is 0.000000153. The molecule has 3 N–H and O–H groups in total. The maximum Gasteiger partial charge on any atom is 0.410 e. The summed E-state index contributed by atoms with van der Waals surface area (Å²) in [6, 6.07) is 13.7. The number of aliphatic hydroxyl groups is 1. The van der Waals surface area contributed by atoms with E-state index < -0.39 is 75.8 Å². The van der Waals surface area contributed by atoms with Crippen molar-refractivity contribution in [3.63, 3.8) is 0 Å². The third-order valence-corrected chi connectivity index (χ3v) is 13.6. The number of hydrogen-bond acceptors (Lipinski definition) is 13. The number of benzene rings is 5. The van der Waals surface area contributed by atoms with Gasteiger partial charge in [0.1, 0.15) is 5.60 Å². The third-order valence-electron chi connectivity index (χ3n) is 13.6. The van der Waals surface area contributed by atoms with Crippen LogP contribution in [0.2, 0.25) is 0 Å². The molecule has 25 heteroatoms. The lowest BCUT2D eigenvalue weighted by atomic mass is 9.98. The first-order valence-corrected chi connectivity index (χ1v) is 26.6. The molecule has 11 rings (SSSR count). The Labute approximate surface area is 471 Å². The van der Waals surface area contributed by atoms with Crippen molar-refractivity contribution in [2.75, 3.05) is 85.4 Å². The van der Waals surface area contributed by atoms with Crippen LogP contribution in [-0.4, -0.2) is 134 Å². The zero-order valence-corrected chi connectivity index (χ0v) is 45.5. The van der Waals surface area contributed by atoms with Gasteiger partial charge in [0.2, 0.25) is 29.1 Å². The summed E-state index contributed by atoms with van der Waals surface area (Å²) in [7, 11) is 0. The van der Waals surface area contributed by atoms with Gasteiger partial charge in [0.25, 0.3) is 0 Å². The molecule has 5 aromatic rings. The van der Waals surface area contributed by atoms with Gasteiger partial charge in [-0.2, -0.15) is 22.0 Å². The standard InChI is InChI=1S/C18H24F2N2O3.C13H16F2N2O.C9H8F2O3.C9H8F2O2.C9H6F2O2/c1-18(2,3)25-17(23)22-9-7-21(8-10-22)14-6-11-24-16-12(14)4-5-13(19)15(16)20;14-10-2-1-9-11(17-6-4-16-5-7-17)3-8-18-13(9)12(10)15;10-6-2-1-3-7(9(6)11)14-5-4-8(12)13;2*10-6-2-1-5-7(12)3-4-13-9(5)8(6)11/h4-5,14H,6-11H2,1-3H3;1-2,11,16H,3-8H2;1-3H,4-5H2,(H,12,13);1-2,7,12H,3-4H2;1-2H,3-4H2. The van der Waals surface area contributed by atoms with Crippen LogP contribution in [0, 0.1) is 58.2 Å². The molecule has 0 aromatic heterocycles. The highest BCUT2D eigenvalue weighted by molar-refractivity contribution is 5.99. The van der Waals surface area contributed by atoms with Crippen molar-refractivity contribution in [1.82, 2.24) is 20.0 Å². The van der Waals surface area contributed by atoms with Crippen molar-refractivity contribution in [3.05, 3.63) is 147 Å². The van der Waals surface area contributed by atoms with E-state index in [1.807, 2.05) is 20.8 Å². The van der Waals surface area contributed by atoms with E-state index >= 15 is 0 Å². The number of aliphatic carboxylic acids is 1. The Morgan fingerprint density at radius 3 is 1.57 bits per heavy atom. The monoisotopic (exact) mass is 1180 g/mol. The number of carbonyl (C=O) groups excluding carboxylic acids is 2. The van der Waals surface area contributed by atoms with E-state index in [2.05, 4.69) is 15.1 Å². The molecule has 0 spiro atoms. The number of carboxylic acid groups (broad SMARTS) is 1. The summed E-state index contributed by atoms with van der Waals surface area (Å²) >= 11 is 0. The number of aliphatic hydroxyl groups excluding tert-OH is 1. The molecule has 6 aliphatic rings. The number of halogens is 10. The number of hydrogen-bond donors (Lipinski definition) is 3. The van der Waals surface area contributed by atoms with Crippen molar-refractivity contribution in [2.24, 2.45) is 0 Å². The lowest BCUT2D eigenvalue weighted by Crippen LogP contribution is -2.51. The van der Waals surface area contributed by atoms with Gasteiger partial charge in [-0.15, -0.1) is 0 Å². The number of carbonyl (C=O) groups is 3. The second-order valence-electron chi connectivity index (χ2n) is 20.4. The molecule has 5 aromatic carbocycles. The molecule has 3 atom stereocenters. The highest BCUT2D eigenvalue weighted by Crippen LogP contribution is 2.41. The molecule has 83 heavy (non-hydrogen) atoms. The summed E-state index contributed by atoms with van der Waals surface area (Å²) in [5, 5.41) is 21.0. The number of fused-ring (bicyclic) bond motifs is 4. The van der Waals surface area contributed by atoms with Gasteiger partial charge in [0, 0.05) is 107 Å². The number of nitrogens with zero attached hydrogens (tertiary/aromatic N) is 3. The minimum atomic E-state index is -1.10. The minimum Gasteiger partial charge on any atom is -0.490 e. The summed E-state index contributed by atoms with van der Waals surface area (Å²) in [4.78, 5) is 39.6. The van der Waals surface area contributed by atoms with E-state index in [0.717, 1.165) is 62.4 Å². The highest BCUT2D eigenvalue weighted by Gasteiger charge is 2.35. The Hall–Kier alpha value is -7.35. The lowest BCUT2D eigenvalue weighted by molar-refractivity contribution is -0.137. The van der Waals surface area contributed by atoms with Crippen molar-refractivity contribution in [1.29, 1.82) is 0 Å². The second-order valence-corrected chi connectivity index (χ2v) is 20.4. The first kappa shape index (κ1) is 63.2. The molecular formula is C58H62F10N4O11. The first-order chi connectivity index (χ1) is 39.5. The third kappa shape index (κ3) is 16.3. The molecule has 1 amide bonds. The topological polar surface area (TPSA) is 169 Å². The van der Waals surface area contributed by atoms with Gasteiger partial charge in [-0.05, 0) is 69.3 Å². The zero-order valence-electron chi connectivity index (χ0n) is 45.5. The second kappa shape index (κ2) is 28.8. The average Bonchev–Trinajstić information content (AvgIpc) is 3.53. The van der Waals surface area contributed by atoms with Crippen molar-refractivity contribution in [3.8, 4) is 28.7 Å². The van der Waals surface area contributed by atoms with Gasteiger partial charge < -0.3 is 48.9 Å². The van der Waals surface area contributed by atoms with E-state index in [9.17, 15) is 63.4 Å². The normalized spacial score (nSPS) is 19.0. The number of rotatable bonds is 6. The molecule has 0 bridgehead atoms. The van der Waals surface area contributed by atoms with Crippen LogP contribution in [-0.2, 0) is 9.53 Å². The van der Waals surface area contributed by atoms with E-state index in [1.165, 1.54) is 30.3 Å². The van der Waals surface area contributed by atoms with E-state index in [4.69, 9.17) is 33.5 Å². The molecular weight excluding hydrogens is 1120 g/mol. The fourth-order valence-electron chi connectivity index (χ4n) is 9.56. The van der Waals surface area contributed by atoms with Crippen LogP contribution in [0.5, 0.6) is 28.7 Å². The van der Waals surface area contributed by atoms with Crippen LogP contribution in [0.15, 0.2) is 66.7 Å². The van der Waals surface area contributed by atoms with Gasteiger partial charge in [-0.3, -0.25) is 19.4 Å². The van der Waals surface area contributed by atoms with Gasteiger partial charge >= 0.3 is 12.1 Å². The fraction of sp³-hybridized carbons (Fsp3) is 0.431. The van der Waals surface area contributed by atoms with Crippen LogP contribution >= 0.6 is 0 Å². The molecule has 0 radical (unpaired) electrons. The van der Waals surface area contributed by atoms with E-state index in [-0.39, 0.29) is 90.9 Å². The smallest absolute Gasteiger partial charge is 0.410 e. The lowest BCUT2D eigenvalue weighted by Gasteiger charge is -2.41. The number of amides is 1. The maximum atomic E-state index is 14.0. The number of ketones is 1. The predicted molar refractivity (Wildman–Crippen MR) is 279 cm³/mol. The van der Waals surface area contributed by atoms with Crippen LogP contribution in [0.4, 0.5) is 48.7 Å². The summed E-state index contributed by atoms with van der Waals surface area (Å²) < 4.78 is 162. The number of carboxylic acids is 1. The SMILES string of the molecule is CC(C)(C)OC(=O)N1CCN(C2CCOc3c2ccc(F)c3F)CC1.Fc1ccc2c(c1F)OCCC2N1CCNCC1.O=C(O)CCOc1cccc(F)c1F.O=C1CCOc2c1ccc(F)c2F.OC1CCOc2c1ccc(F)c2F. The van der Waals surface area contributed by atoms with Crippen LogP contribution in [0.1, 0.15) is 98.1 Å². The molecule has 2 saturated heterocycles. The van der Waals surface area contributed by atoms with E-state index in [1.54, 1.807) is 17.0 Å². The number of nitrogens with one attached hydrogen (secondary N) is 1. The molecule has 450 valence electrons. The molecule has 2 fully saturated rings. The molecule has 6 heterocycles. The van der Waals surface area contributed by atoms with Crippen LogP contribution in [0.3, 0.4) is 0 Å². The van der Waals surface area contributed by atoms with Crippen molar-refractivity contribution in [2.45, 2.75) is 76.7 Å². The largest absolute Gasteiger partial charge is 0.490 e. The van der Waals surface area contributed by atoms with E-state index in [0.29, 0.717) is 63.4 Å². The number of Topliss-reactive ketones (excluding diaryl/α,β-unsaturated/α-hetero) is 1. The van der Waals surface area contributed by atoms with Crippen molar-refractivity contribution < 1.29 is 96.9 Å². The Morgan fingerprint density at radius 1 is 0.578 bits per heavy atom. The summed E-state index contributed by atoms with van der Waals surface area (Å²) in [5.41, 5.74) is 1.39. The molecule has 0 aliphatic carbocycles. The predicted octanol–water partition coefficient (Wildman–Crippen LogP) is 10.6. The number of ether oxygens (including phenoxy) is 6. The Kier molecular flexibility index (Phi) is 21.9. The maximum absolute atomic E-state index is 14.0. The zero-order chi connectivity index (χ0) is 60.1.